The first kappa shape index (κ1) is 8.83. The molecule has 70 valence electrons. The van der Waals surface area contributed by atoms with Crippen molar-refractivity contribution < 1.29 is 4.42 Å². The normalized spacial score (nSPS) is 10.7. The first-order chi connectivity index (χ1) is 6.70. The minimum Gasteiger partial charge on any atom is -0.440 e. The molecule has 0 unspecified atom stereocenters. The Balaban J connectivity index is 2.61. The largest absolute Gasteiger partial charge is 0.440 e. The molecule has 0 bridgehead atoms. The summed E-state index contributed by atoms with van der Waals surface area (Å²) in [6.45, 7) is 4.10. The Morgan fingerprint density at radius 2 is 2.21 bits per heavy atom. The molecule has 0 spiro atoms. The summed E-state index contributed by atoms with van der Waals surface area (Å²) in [7, 11) is 0. The number of hydrogen-bond donors (Lipinski definition) is 0. The highest BCUT2D eigenvalue weighted by molar-refractivity contribution is 5.74. The standard InChI is InChI=1S/C12H11NO/c1-4-9-5-6-11-10(7-9)13-12(14-11)8(2)3/h1,5-8H,2-3H3. The van der Waals surface area contributed by atoms with Gasteiger partial charge in [0.1, 0.15) is 5.52 Å². The van der Waals surface area contributed by atoms with Gasteiger partial charge in [-0.2, -0.15) is 0 Å². The summed E-state index contributed by atoms with van der Waals surface area (Å²) in [6.07, 6.45) is 5.30. The maximum Gasteiger partial charge on any atom is 0.198 e. The zero-order valence-corrected chi connectivity index (χ0v) is 8.24. The van der Waals surface area contributed by atoms with Crippen molar-refractivity contribution >= 4 is 11.1 Å². The number of nitrogens with zero attached hydrogens (tertiary/aromatic N) is 1. The Bertz CT molecular complexity index is 503. The summed E-state index contributed by atoms with van der Waals surface area (Å²) in [6, 6.07) is 5.59. The summed E-state index contributed by atoms with van der Waals surface area (Å²) in [5, 5.41) is 0. The molecule has 14 heavy (non-hydrogen) atoms. The number of benzene rings is 1. The third-order valence-corrected chi connectivity index (χ3v) is 2.06. The topological polar surface area (TPSA) is 26.0 Å². The first-order valence-corrected chi connectivity index (χ1v) is 4.58. The van der Waals surface area contributed by atoms with Crippen LogP contribution in [0, 0.1) is 12.3 Å². The summed E-state index contributed by atoms with van der Waals surface area (Å²) in [5.41, 5.74) is 2.47. The third-order valence-electron chi connectivity index (χ3n) is 2.06. The second-order valence-electron chi connectivity index (χ2n) is 3.53. The van der Waals surface area contributed by atoms with E-state index < -0.39 is 0 Å². The predicted octanol–water partition coefficient (Wildman–Crippen LogP) is 2.93. The van der Waals surface area contributed by atoms with E-state index in [4.69, 9.17) is 10.8 Å². The molecule has 0 saturated carbocycles. The molecular weight excluding hydrogens is 174 g/mol. The minimum atomic E-state index is 0.302. The summed E-state index contributed by atoms with van der Waals surface area (Å²) < 4.78 is 5.55. The quantitative estimate of drug-likeness (QED) is 0.638. The lowest BCUT2D eigenvalue weighted by atomic mass is 10.2. The van der Waals surface area contributed by atoms with E-state index in [9.17, 15) is 0 Å². The highest BCUT2D eigenvalue weighted by Crippen LogP contribution is 2.21. The zero-order chi connectivity index (χ0) is 10.1. The molecule has 1 aromatic heterocycles. The Labute approximate surface area is 83.0 Å². The van der Waals surface area contributed by atoms with Crippen LogP contribution >= 0.6 is 0 Å². The van der Waals surface area contributed by atoms with Gasteiger partial charge >= 0.3 is 0 Å². The molecule has 0 saturated heterocycles. The fourth-order valence-corrected chi connectivity index (χ4v) is 1.28. The molecular formula is C12H11NO. The fraction of sp³-hybridized carbons (Fsp3) is 0.250. The Kier molecular flexibility index (Phi) is 2.01. The average Bonchev–Trinajstić information content (AvgIpc) is 2.59. The van der Waals surface area contributed by atoms with E-state index in [1.165, 1.54) is 0 Å². The zero-order valence-electron chi connectivity index (χ0n) is 8.24. The maximum atomic E-state index is 5.55. The van der Waals surface area contributed by atoms with Crippen molar-refractivity contribution in [3.63, 3.8) is 0 Å². The number of aromatic nitrogens is 1. The molecule has 2 heteroatoms. The van der Waals surface area contributed by atoms with E-state index in [0.717, 1.165) is 22.6 Å². The van der Waals surface area contributed by atoms with E-state index in [-0.39, 0.29) is 0 Å². The summed E-state index contributed by atoms with van der Waals surface area (Å²) >= 11 is 0. The lowest BCUT2D eigenvalue weighted by molar-refractivity contribution is 0.501. The highest BCUT2D eigenvalue weighted by atomic mass is 16.3. The third kappa shape index (κ3) is 1.38. The van der Waals surface area contributed by atoms with Crippen LogP contribution in [0.4, 0.5) is 0 Å². The van der Waals surface area contributed by atoms with Crippen molar-refractivity contribution in [1.82, 2.24) is 4.98 Å². The SMILES string of the molecule is C#Cc1ccc2oc(C(C)C)nc2c1. The van der Waals surface area contributed by atoms with Crippen molar-refractivity contribution in [1.29, 1.82) is 0 Å². The smallest absolute Gasteiger partial charge is 0.198 e. The first-order valence-electron chi connectivity index (χ1n) is 4.58. The van der Waals surface area contributed by atoms with E-state index in [0.29, 0.717) is 5.92 Å². The van der Waals surface area contributed by atoms with Crippen LogP contribution in [-0.4, -0.2) is 4.98 Å². The monoisotopic (exact) mass is 185 g/mol. The van der Waals surface area contributed by atoms with Gasteiger partial charge in [0, 0.05) is 11.5 Å². The molecule has 0 aliphatic heterocycles. The Hall–Kier alpha value is -1.75. The van der Waals surface area contributed by atoms with Crippen LogP contribution in [0.25, 0.3) is 11.1 Å². The Morgan fingerprint density at radius 1 is 1.43 bits per heavy atom. The number of hydrogen-bond acceptors (Lipinski definition) is 2. The van der Waals surface area contributed by atoms with Gasteiger partial charge in [-0.05, 0) is 18.2 Å². The van der Waals surface area contributed by atoms with Gasteiger partial charge in [-0.1, -0.05) is 19.8 Å². The van der Waals surface area contributed by atoms with Gasteiger partial charge < -0.3 is 4.42 Å². The lowest BCUT2D eigenvalue weighted by Gasteiger charge is -1.93. The van der Waals surface area contributed by atoms with Crippen LogP contribution < -0.4 is 0 Å². The molecule has 2 aromatic rings. The van der Waals surface area contributed by atoms with Gasteiger partial charge in [-0.15, -0.1) is 6.42 Å². The fourth-order valence-electron chi connectivity index (χ4n) is 1.28. The predicted molar refractivity (Wildman–Crippen MR) is 56.0 cm³/mol. The van der Waals surface area contributed by atoms with E-state index in [1.54, 1.807) is 0 Å². The lowest BCUT2D eigenvalue weighted by Crippen LogP contribution is -1.84. The summed E-state index contributed by atoms with van der Waals surface area (Å²) in [4.78, 5) is 4.36. The van der Waals surface area contributed by atoms with Crippen LogP contribution in [0.15, 0.2) is 22.6 Å². The molecule has 0 atom stereocenters. The molecule has 1 heterocycles. The van der Waals surface area contributed by atoms with Crippen molar-refractivity contribution in [2.75, 3.05) is 0 Å². The second-order valence-corrected chi connectivity index (χ2v) is 3.53. The molecule has 0 radical (unpaired) electrons. The number of terminal acetylenes is 1. The number of oxazole rings is 1. The minimum absolute atomic E-state index is 0.302. The Morgan fingerprint density at radius 3 is 2.86 bits per heavy atom. The van der Waals surface area contributed by atoms with Gasteiger partial charge in [0.25, 0.3) is 0 Å². The van der Waals surface area contributed by atoms with Gasteiger partial charge in [-0.25, -0.2) is 4.98 Å². The van der Waals surface area contributed by atoms with E-state index in [2.05, 4.69) is 10.9 Å². The maximum absolute atomic E-state index is 5.55. The molecule has 2 rings (SSSR count). The molecule has 0 aliphatic rings. The van der Waals surface area contributed by atoms with Crippen LogP contribution in [0.1, 0.15) is 31.2 Å². The molecule has 0 N–H and O–H groups in total. The van der Waals surface area contributed by atoms with Gasteiger partial charge in [0.15, 0.2) is 11.5 Å². The molecule has 1 aromatic carbocycles. The molecule has 0 aliphatic carbocycles. The summed E-state index contributed by atoms with van der Waals surface area (Å²) in [5.74, 6) is 3.64. The van der Waals surface area contributed by atoms with Gasteiger partial charge in [0.05, 0.1) is 0 Å². The van der Waals surface area contributed by atoms with E-state index in [1.807, 2.05) is 32.0 Å². The van der Waals surface area contributed by atoms with Gasteiger partial charge in [0.2, 0.25) is 0 Å². The van der Waals surface area contributed by atoms with Gasteiger partial charge in [-0.3, -0.25) is 0 Å². The number of rotatable bonds is 1. The van der Waals surface area contributed by atoms with E-state index >= 15 is 0 Å². The number of fused-ring (bicyclic) bond motifs is 1. The molecule has 0 fully saturated rings. The molecule has 0 amide bonds. The second kappa shape index (κ2) is 3.19. The highest BCUT2D eigenvalue weighted by Gasteiger charge is 2.08. The van der Waals surface area contributed by atoms with Crippen molar-refractivity contribution in [3.05, 3.63) is 29.7 Å². The van der Waals surface area contributed by atoms with Crippen LogP contribution in [0.5, 0.6) is 0 Å². The van der Waals surface area contributed by atoms with Crippen molar-refractivity contribution in [2.45, 2.75) is 19.8 Å². The van der Waals surface area contributed by atoms with Crippen molar-refractivity contribution in [3.8, 4) is 12.3 Å². The average molecular weight is 185 g/mol. The van der Waals surface area contributed by atoms with Crippen LogP contribution in [-0.2, 0) is 0 Å². The van der Waals surface area contributed by atoms with Crippen LogP contribution in [0.2, 0.25) is 0 Å². The molecule has 2 nitrogen and oxygen atoms in total. The van der Waals surface area contributed by atoms with Crippen LogP contribution in [0.3, 0.4) is 0 Å². The van der Waals surface area contributed by atoms with Crippen molar-refractivity contribution in [2.24, 2.45) is 0 Å².